The first-order valence-electron chi connectivity index (χ1n) is 8.40. The summed E-state index contributed by atoms with van der Waals surface area (Å²) in [5.41, 5.74) is -0.172. The molecule has 1 N–H and O–H groups in total. The van der Waals surface area contributed by atoms with Crippen LogP contribution in [-0.2, 0) is 9.59 Å². The second-order valence-electron chi connectivity index (χ2n) is 6.13. The molecule has 4 rings (SSSR count). The highest BCUT2D eigenvalue weighted by Crippen LogP contribution is 2.45. The number of amides is 1. The summed E-state index contributed by atoms with van der Waals surface area (Å²) in [5.74, 6) is -2.68. The number of nitrogens with zero attached hydrogens (tertiary/aromatic N) is 3. The van der Waals surface area contributed by atoms with Gasteiger partial charge in [0.25, 0.3) is 5.78 Å². The minimum Gasteiger partial charge on any atom is -0.507 e. The highest BCUT2D eigenvalue weighted by molar-refractivity contribution is 7.15. The molecule has 1 aliphatic rings. The number of aliphatic hydroxyl groups excluding tert-OH is 1. The van der Waals surface area contributed by atoms with Gasteiger partial charge in [-0.25, -0.2) is 4.39 Å². The number of aliphatic hydroxyl groups is 1. The Morgan fingerprint density at radius 1 is 1.28 bits per heavy atom. The summed E-state index contributed by atoms with van der Waals surface area (Å²) in [6.07, 6.45) is 0. The Balaban J connectivity index is 1.96. The lowest BCUT2D eigenvalue weighted by atomic mass is 9.99. The normalized spacial score (nSPS) is 18.4. The lowest BCUT2D eigenvalue weighted by Crippen LogP contribution is -2.29. The Kier molecular flexibility index (Phi) is 4.89. The van der Waals surface area contributed by atoms with E-state index in [2.05, 4.69) is 10.2 Å². The van der Waals surface area contributed by atoms with E-state index < -0.39 is 29.3 Å². The Labute approximate surface area is 172 Å². The minimum absolute atomic E-state index is 0.0134. The number of carbonyl (C=O) groups is 2. The van der Waals surface area contributed by atoms with E-state index in [9.17, 15) is 19.1 Å². The third-order valence-corrected chi connectivity index (χ3v) is 6.16. The summed E-state index contributed by atoms with van der Waals surface area (Å²) in [7, 11) is 1.36. The van der Waals surface area contributed by atoms with Gasteiger partial charge in [-0.15, -0.1) is 21.5 Å². The van der Waals surface area contributed by atoms with E-state index in [4.69, 9.17) is 4.74 Å². The molecule has 3 heterocycles. The van der Waals surface area contributed by atoms with Crippen LogP contribution >= 0.6 is 22.7 Å². The van der Waals surface area contributed by atoms with E-state index in [1.165, 1.54) is 35.5 Å². The summed E-state index contributed by atoms with van der Waals surface area (Å²) in [5, 5.41) is 21.6. The van der Waals surface area contributed by atoms with Crippen molar-refractivity contribution in [2.45, 2.75) is 13.0 Å². The molecule has 1 atom stereocenters. The molecule has 0 bridgehead atoms. The van der Waals surface area contributed by atoms with Crippen molar-refractivity contribution in [1.82, 2.24) is 10.2 Å². The zero-order valence-corrected chi connectivity index (χ0v) is 16.9. The van der Waals surface area contributed by atoms with Crippen LogP contribution in [0.2, 0.25) is 0 Å². The molecule has 29 heavy (non-hydrogen) atoms. The molecule has 10 heteroatoms. The van der Waals surface area contributed by atoms with Crippen LogP contribution in [0.4, 0.5) is 9.52 Å². The van der Waals surface area contributed by atoms with Gasteiger partial charge in [0, 0.05) is 4.88 Å². The lowest BCUT2D eigenvalue weighted by molar-refractivity contribution is -0.132. The maximum Gasteiger partial charge on any atom is 0.301 e. The SMILES string of the molecule is COc1ccc(F)cc1C(O)=C1C(=O)C(=O)N(c2nnc(C)s2)C1c1cccs1. The topological polar surface area (TPSA) is 92.6 Å². The fourth-order valence-corrected chi connectivity index (χ4v) is 4.68. The number of carbonyl (C=O) groups excluding carboxylic acids is 2. The number of aryl methyl sites for hydroxylation is 1. The summed E-state index contributed by atoms with van der Waals surface area (Å²) in [6, 6.07) is 6.19. The number of thiophene rings is 1. The molecule has 1 aromatic carbocycles. The third-order valence-electron chi connectivity index (χ3n) is 4.40. The van der Waals surface area contributed by atoms with Crippen molar-refractivity contribution < 1.29 is 23.8 Å². The Morgan fingerprint density at radius 2 is 2.07 bits per heavy atom. The van der Waals surface area contributed by atoms with Crippen molar-refractivity contribution in [1.29, 1.82) is 0 Å². The first-order valence-corrected chi connectivity index (χ1v) is 10.1. The minimum atomic E-state index is -0.907. The molecule has 0 spiro atoms. The molecule has 1 saturated heterocycles. The van der Waals surface area contributed by atoms with Gasteiger partial charge in [0.1, 0.15) is 28.4 Å². The molecule has 2 aromatic heterocycles. The average Bonchev–Trinajstić information content (AvgIpc) is 3.42. The maximum absolute atomic E-state index is 13.9. The number of Topliss-reactive ketones (excluding diaryl/α,β-unsaturated/α-hetero) is 1. The second-order valence-corrected chi connectivity index (χ2v) is 8.27. The first-order chi connectivity index (χ1) is 13.9. The Hall–Kier alpha value is -3.11. The van der Waals surface area contributed by atoms with Gasteiger partial charge in [-0.3, -0.25) is 14.5 Å². The van der Waals surface area contributed by atoms with Crippen LogP contribution in [0.3, 0.4) is 0 Å². The van der Waals surface area contributed by atoms with E-state index in [0.29, 0.717) is 9.88 Å². The van der Waals surface area contributed by atoms with E-state index in [1.807, 2.05) is 0 Å². The summed E-state index contributed by atoms with van der Waals surface area (Å²) < 4.78 is 19.0. The molecule has 1 aliphatic heterocycles. The molecule has 148 valence electrons. The van der Waals surface area contributed by atoms with E-state index in [1.54, 1.807) is 24.4 Å². The van der Waals surface area contributed by atoms with Gasteiger partial charge in [-0.1, -0.05) is 17.4 Å². The van der Waals surface area contributed by atoms with Gasteiger partial charge in [-0.05, 0) is 36.6 Å². The van der Waals surface area contributed by atoms with E-state index in [0.717, 1.165) is 17.4 Å². The molecular formula is C19H14FN3O4S2. The van der Waals surface area contributed by atoms with Crippen LogP contribution in [0.25, 0.3) is 5.76 Å². The number of methoxy groups -OCH3 is 1. The quantitative estimate of drug-likeness (QED) is 0.385. The van der Waals surface area contributed by atoms with E-state index in [-0.39, 0.29) is 22.0 Å². The molecule has 0 saturated carbocycles. The van der Waals surface area contributed by atoms with Crippen LogP contribution in [0, 0.1) is 12.7 Å². The number of ether oxygens (including phenoxy) is 1. The van der Waals surface area contributed by atoms with Crippen molar-refractivity contribution in [2.75, 3.05) is 12.0 Å². The molecule has 3 aromatic rings. The predicted octanol–water partition coefficient (Wildman–Crippen LogP) is 3.68. The summed E-state index contributed by atoms with van der Waals surface area (Å²) in [4.78, 5) is 27.6. The Bertz CT molecular complexity index is 1140. The number of hydrogen-bond donors (Lipinski definition) is 1. The molecule has 1 amide bonds. The van der Waals surface area contributed by atoms with Gasteiger partial charge in [0.05, 0.1) is 18.2 Å². The van der Waals surface area contributed by atoms with Crippen LogP contribution in [0.1, 0.15) is 21.5 Å². The molecule has 0 radical (unpaired) electrons. The zero-order valence-electron chi connectivity index (χ0n) is 15.2. The fourth-order valence-electron chi connectivity index (χ4n) is 3.14. The third kappa shape index (κ3) is 3.19. The molecule has 7 nitrogen and oxygen atoms in total. The smallest absolute Gasteiger partial charge is 0.301 e. The number of benzene rings is 1. The van der Waals surface area contributed by atoms with Crippen molar-refractivity contribution >= 4 is 45.3 Å². The Morgan fingerprint density at radius 3 is 2.69 bits per heavy atom. The van der Waals surface area contributed by atoms with Crippen LogP contribution in [0.15, 0.2) is 41.3 Å². The zero-order chi connectivity index (χ0) is 20.7. The van der Waals surface area contributed by atoms with E-state index >= 15 is 0 Å². The number of anilines is 1. The monoisotopic (exact) mass is 431 g/mol. The van der Waals surface area contributed by atoms with Gasteiger partial charge in [0.15, 0.2) is 0 Å². The van der Waals surface area contributed by atoms with Crippen molar-refractivity contribution in [3.63, 3.8) is 0 Å². The number of rotatable bonds is 4. The van der Waals surface area contributed by atoms with Gasteiger partial charge >= 0.3 is 5.91 Å². The van der Waals surface area contributed by atoms with Crippen LogP contribution in [-0.4, -0.2) is 34.1 Å². The van der Waals surface area contributed by atoms with Gasteiger partial charge in [0.2, 0.25) is 5.13 Å². The van der Waals surface area contributed by atoms with Crippen molar-refractivity contribution in [2.24, 2.45) is 0 Å². The highest BCUT2D eigenvalue weighted by Gasteiger charge is 2.49. The average molecular weight is 431 g/mol. The molecule has 0 aliphatic carbocycles. The number of ketones is 1. The standard InChI is InChI=1S/C19H14FN3O4S2/c1-9-21-22-19(29-9)23-15(13-4-3-7-28-13)14(17(25)18(23)26)16(24)11-8-10(20)5-6-12(11)27-2/h3-8,15,24H,1-2H3. The van der Waals surface area contributed by atoms with Crippen molar-refractivity contribution in [3.8, 4) is 5.75 Å². The van der Waals surface area contributed by atoms with Crippen molar-refractivity contribution in [3.05, 3.63) is 62.6 Å². The van der Waals surface area contributed by atoms with Gasteiger partial charge in [-0.2, -0.15) is 0 Å². The largest absolute Gasteiger partial charge is 0.507 e. The highest BCUT2D eigenvalue weighted by atomic mass is 32.1. The van der Waals surface area contributed by atoms with Gasteiger partial charge < -0.3 is 9.84 Å². The molecule has 1 fully saturated rings. The number of halogens is 1. The number of hydrogen-bond acceptors (Lipinski definition) is 8. The lowest BCUT2D eigenvalue weighted by Gasteiger charge is -2.21. The number of aromatic nitrogens is 2. The summed E-state index contributed by atoms with van der Waals surface area (Å²) in [6.45, 7) is 1.73. The molecular weight excluding hydrogens is 417 g/mol. The van der Waals surface area contributed by atoms with Crippen LogP contribution in [0.5, 0.6) is 5.75 Å². The maximum atomic E-state index is 13.9. The van der Waals surface area contributed by atoms with Crippen LogP contribution < -0.4 is 9.64 Å². The molecule has 1 unspecified atom stereocenters. The summed E-state index contributed by atoms with van der Waals surface area (Å²) >= 11 is 2.48. The predicted molar refractivity (Wildman–Crippen MR) is 107 cm³/mol. The first kappa shape index (κ1) is 19.2. The second kappa shape index (κ2) is 7.37. The fraction of sp³-hybridized carbons (Fsp3) is 0.158.